The van der Waals surface area contributed by atoms with Gasteiger partial charge in [-0.2, -0.15) is 0 Å². The molecular weight excluding hydrogens is 350 g/mol. The van der Waals surface area contributed by atoms with Crippen LogP contribution in [-0.4, -0.2) is 17.8 Å². The number of nitrogens with one attached hydrogen (secondary N) is 1. The fourth-order valence-electron chi connectivity index (χ4n) is 4.45. The summed E-state index contributed by atoms with van der Waals surface area (Å²) in [7, 11) is 1.58. The molecule has 2 aromatic carbocycles. The lowest BCUT2D eigenvalue weighted by atomic mass is 9.81. The van der Waals surface area contributed by atoms with Crippen LogP contribution in [0.5, 0.6) is 17.2 Å². The molecule has 0 fully saturated rings. The van der Waals surface area contributed by atoms with Crippen molar-refractivity contribution in [1.82, 2.24) is 0 Å². The molecule has 0 radical (unpaired) electrons. The van der Waals surface area contributed by atoms with E-state index in [1.165, 1.54) is 11.1 Å². The van der Waals surface area contributed by atoms with Gasteiger partial charge in [0, 0.05) is 23.2 Å². The van der Waals surface area contributed by atoms with Gasteiger partial charge in [0.05, 0.1) is 18.2 Å². The molecular formula is C24H27NO3. The van der Waals surface area contributed by atoms with Crippen LogP contribution in [-0.2, 0) is 0 Å². The number of phenolic OH excluding ortho intramolecular Hbond substituents is 1. The average Bonchev–Trinajstić information content (AvgIpc) is 2.64. The molecule has 2 heterocycles. The number of phenols is 1. The molecule has 2 aliphatic rings. The van der Waals surface area contributed by atoms with Gasteiger partial charge >= 0.3 is 0 Å². The Labute approximate surface area is 166 Å². The fourth-order valence-corrected chi connectivity index (χ4v) is 4.45. The number of ether oxygens (including phenoxy) is 2. The number of fused-ring (bicyclic) bond motifs is 5. The van der Waals surface area contributed by atoms with E-state index in [2.05, 4.69) is 56.4 Å². The number of methoxy groups -OCH3 is 1. The number of allylic oxidation sites excluding steroid dienone is 2. The minimum atomic E-state index is -0.104. The second kappa shape index (κ2) is 6.62. The largest absolute Gasteiger partial charge is 0.504 e. The Bertz CT molecular complexity index is 1000. The van der Waals surface area contributed by atoms with Crippen LogP contribution in [0.4, 0.5) is 5.69 Å². The number of hydrogen-bond donors (Lipinski definition) is 2. The summed E-state index contributed by atoms with van der Waals surface area (Å²) in [4.78, 5) is 0. The predicted molar refractivity (Wildman–Crippen MR) is 114 cm³/mol. The first-order chi connectivity index (χ1) is 13.4. The zero-order valence-electron chi connectivity index (χ0n) is 17.1. The fraction of sp³-hybridized carbons (Fsp3) is 0.333. The Morgan fingerprint density at radius 2 is 2.00 bits per heavy atom. The van der Waals surface area contributed by atoms with Crippen molar-refractivity contribution in [2.24, 2.45) is 0 Å². The molecule has 0 spiro atoms. The van der Waals surface area contributed by atoms with Gasteiger partial charge in [-0.15, -0.1) is 0 Å². The first-order valence-electron chi connectivity index (χ1n) is 9.69. The van der Waals surface area contributed by atoms with E-state index in [0.29, 0.717) is 5.75 Å². The van der Waals surface area contributed by atoms with E-state index in [0.717, 1.165) is 34.5 Å². The first-order valence-corrected chi connectivity index (χ1v) is 9.69. The average molecular weight is 377 g/mol. The third-order valence-corrected chi connectivity index (χ3v) is 5.42. The van der Waals surface area contributed by atoms with E-state index in [1.54, 1.807) is 13.2 Å². The first kappa shape index (κ1) is 18.5. The molecule has 0 amide bonds. The van der Waals surface area contributed by atoms with Crippen molar-refractivity contribution in [2.45, 2.75) is 45.8 Å². The Morgan fingerprint density at radius 3 is 2.71 bits per heavy atom. The molecule has 0 bridgehead atoms. The van der Waals surface area contributed by atoms with E-state index in [9.17, 15) is 5.11 Å². The Hall–Kier alpha value is -2.88. The van der Waals surface area contributed by atoms with Crippen LogP contribution in [0, 0.1) is 0 Å². The lowest BCUT2D eigenvalue weighted by molar-refractivity contribution is 0.204. The molecule has 1 atom stereocenters. The van der Waals surface area contributed by atoms with Crippen LogP contribution in [0.2, 0.25) is 0 Å². The molecule has 0 saturated carbocycles. The molecule has 0 saturated heterocycles. The van der Waals surface area contributed by atoms with Crippen molar-refractivity contribution >= 4 is 11.3 Å². The molecule has 4 rings (SSSR count). The van der Waals surface area contributed by atoms with Crippen molar-refractivity contribution in [1.29, 1.82) is 0 Å². The molecule has 146 valence electrons. The van der Waals surface area contributed by atoms with E-state index < -0.39 is 0 Å². The zero-order valence-corrected chi connectivity index (χ0v) is 17.1. The summed E-state index contributed by atoms with van der Waals surface area (Å²) in [6, 6.07) is 7.69. The van der Waals surface area contributed by atoms with Gasteiger partial charge in [-0.25, -0.2) is 0 Å². The normalized spacial score (nSPS) is 19.0. The third kappa shape index (κ3) is 2.84. The topological polar surface area (TPSA) is 50.7 Å². The molecule has 1 unspecified atom stereocenters. The van der Waals surface area contributed by atoms with Gasteiger partial charge in [0.25, 0.3) is 0 Å². The summed E-state index contributed by atoms with van der Waals surface area (Å²) in [5.74, 6) is 1.31. The maximum absolute atomic E-state index is 10.3. The highest BCUT2D eigenvalue weighted by Gasteiger charge is 2.35. The molecule has 4 nitrogen and oxygen atoms in total. The van der Waals surface area contributed by atoms with E-state index in [1.807, 2.05) is 13.0 Å². The Morgan fingerprint density at radius 1 is 1.21 bits per heavy atom. The predicted octanol–water partition coefficient (Wildman–Crippen LogP) is 6.07. The van der Waals surface area contributed by atoms with Gasteiger partial charge in [0.15, 0.2) is 11.5 Å². The minimum absolute atomic E-state index is 0.103. The molecule has 2 aliphatic heterocycles. The van der Waals surface area contributed by atoms with Crippen LogP contribution in [0.1, 0.15) is 51.3 Å². The maximum atomic E-state index is 10.3. The van der Waals surface area contributed by atoms with Crippen molar-refractivity contribution in [3.8, 4) is 28.4 Å². The van der Waals surface area contributed by atoms with E-state index >= 15 is 0 Å². The number of hydrogen-bond acceptors (Lipinski definition) is 4. The van der Waals surface area contributed by atoms with Gasteiger partial charge < -0.3 is 19.9 Å². The lowest BCUT2D eigenvalue weighted by Gasteiger charge is -2.37. The SMILES string of the molecule is C/C=C/CC1Oc2ccc(O)c(OC)c2-c2ccc3c(c21)C(C)=CC(C)(C)N3. The monoisotopic (exact) mass is 377 g/mol. The van der Waals surface area contributed by atoms with Gasteiger partial charge in [-0.1, -0.05) is 24.3 Å². The molecule has 0 aliphatic carbocycles. The van der Waals surface area contributed by atoms with Crippen molar-refractivity contribution in [2.75, 3.05) is 12.4 Å². The van der Waals surface area contributed by atoms with Gasteiger partial charge in [0.1, 0.15) is 11.9 Å². The van der Waals surface area contributed by atoms with Crippen molar-refractivity contribution in [3.05, 3.63) is 53.6 Å². The second-order valence-corrected chi connectivity index (χ2v) is 8.03. The molecule has 28 heavy (non-hydrogen) atoms. The summed E-state index contributed by atoms with van der Waals surface area (Å²) < 4.78 is 12.0. The highest BCUT2D eigenvalue weighted by molar-refractivity contribution is 5.92. The van der Waals surface area contributed by atoms with E-state index in [-0.39, 0.29) is 17.4 Å². The summed E-state index contributed by atoms with van der Waals surface area (Å²) >= 11 is 0. The van der Waals surface area contributed by atoms with E-state index in [4.69, 9.17) is 9.47 Å². The zero-order chi connectivity index (χ0) is 20.1. The minimum Gasteiger partial charge on any atom is -0.504 e. The third-order valence-electron chi connectivity index (χ3n) is 5.42. The van der Waals surface area contributed by atoms with Crippen LogP contribution >= 0.6 is 0 Å². The molecule has 2 N–H and O–H groups in total. The Balaban J connectivity index is 2.02. The van der Waals surface area contributed by atoms with Crippen LogP contribution in [0.25, 0.3) is 16.7 Å². The number of aromatic hydroxyl groups is 1. The van der Waals surface area contributed by atoms with Gasteiger partial charge in [-0.3, -0.25) is 0 Å². The van der Waals surface area contributed by atoms with Crippen LogP contribution < -0.4 is 14.8 Å². The smallest absolute Gasteiger partial charge is 0.172 e. The quantitative estimate of drug-likeness (QED) is 0.637. The molecule has 2 aromatic rings. The summed E-state index contributed by atoms with van der Waals surface area (Å²) in [5.41, 5.74) is 6.43. The standard InChI is InChI=1S/C24H27NO3/c1-6-7-8-18-21-15(22-19(28-18)12-11-17(26)23(22)27-5)9-10-16-20(21)14(2)13-24(3,4)25-16/h6-7,9-13,18,25-26H,8H2,1-5H3/b7-6+. The van der Waals surface area contributed by atoms with Crippen molar-refractivity contribution in [3.63, 3.8) is 0 Å². The van der Waals surface area contributed by atoms with Crippen LogP contribution in [0.3, 0.4) is 0 Å². The summed E-state index contributed by atoms with van der Waals surface area (Å²) in [6.07, 6.45) is 7.12. The number of rotatable bonds is 3. The lowest BCUT2D eigenvalue weighted by Crippen LogP contribution is -2.32. The second-order valence-electron chi connectivity index (χ2n) is 8.03. The Kier molecular flexibility index (Phi) is 4.37. The summed E-state index contributed by atoms with van der Waals surface area (Å²) in [6.45, 7) is 8.52. The number of benzene rings is 2. The number of anilines is 1. The molecule has 0 aromatic heterocycles. The summed E-state index contributed by atoms with van der Waals surface area (Å²) in [5, 5.41) is 14.0. The van der Waals surface area contributed by atoms with Crippen LogP contribution in [0.15, 0.2) is 42.5 Å². The maximum Gasteiger partial charge on any atom is 0.172 e. The van der Waals surface area contributed by atoms with Gasteiger partial charge in [0.2, 0.25) is 0 Å². The van der Waals surface area contributed by atoms with Gasteiger partial charge in [-0.05, 0) is 57.0 Å². The van der Waals surface area contributed by atoms with Crippen molar-refractivity contribution < 1.29 is 14.6 Å². The highest BCUT2D eigenvalue weighted by Crippen LogP contribution is 2.54. The highest BCUT2D eigenvalue weighted by atomic mass is 16.5. The molecule has 4 heteroatoms.